The molecule has 4 rings (SSSR count). The molecule has 1 heterocycles. The molecule has 1 N–H and O–H groups in total. The summed E-state index contributed by atoms with van der Waals surface area (Å²) in [5, 5.41) is 12.3. The summed E-state index contributed by atoms with van der Waals surface area (Å²) in [5.41, 5.74) is 0.802. The number of aromatic nitrogens is 1. The first-order valence-electron chi connectivity index (χ1n) is 11.2. The predicted octanol–water partition coefficient (Wildman–Crippen LogP) is 6.12. The molecule has 0 amide bonds. The smallest absolute Gasteiger partial charge is 0.418 e. The molecule has 0 saturated carbocycles. The maximum absolute atomic E-state index is 13.7. The van der Waals surface area contributed by atoms with E-state index in [2.05, 4.69) is 10.3 Å². The highest BCUT2D eigenvalue weighted by molar-refractivity contribution is 7.90. The van der Waals surface area contributed by atoms with E-state index < -0.39 is 21.6 Å². The summed E-state index contributed by atoms with van der Waals surface area (Å²) < 4.78 is 70.9. The van der Waals surface area contributed by atoms with E-state index in [0.29, 0.717) is 40.1 Å². The lowest BCUT2D eigenvalue weighted by Crippen LogP contribution is -2.15. The number of benzene rings is 3. The molecular formula is C27H22F3N3O3S. The van der Waals surface area contributed by atoms with Crippen LogP contribution < -0.4 is 10.1 Å². The van der Waals surface area contributed by atoms with Crippen molar-refractivity contribution in [2.45, 2.75) is 24.0 Å². The number of ether oxygens (including phenoxy) is 1. The summed E-state index contributed by atoms with van der Waals surface area (Å²) in [6, 6.07) is 18.8. The molecule has 0 aliphatic rings. The summed E-state index contributed by atoms with van der Waals surface area (Å²) in [7, 11) is -3.43. The first kappa shape index (κ1) is 26.1. The van der Waals surface area contributed by atoms with E-state index >= 15 is 0 Å². The van der Waals surface area contributed by atoms with Crippen LogP contribution in [0.25, 0.3) is 22.0 Å². The standard InChI is InChI=1S/C27H22F3N3O3S/c1-37(34,35)22-9-3-8-21(15-22)36-20-7-2-6-18(14-20)25-19(16-32-13-5-12-31)17-33-26-23(25)10-4-11-24(26)27(28,29)30/h2-4,6-11,14-15,17,32H,5,13,16H2,1H3. The molecule has 4 aromatic rings. The van der Waals surface area contributed by atoms with Gasteiger partial charge in [0, 0.05) is 37.3 Å². The Labute approximate surface area is 212 Å². The van der Waals surface area contributed by atoms with Crippen molar-refractivity contribution in [1.29, 1.82) is 5.26 Å². The average Bonchev–Trinajstić information content (AvgIpc) is 2.85. The zero-order chi connectivity index (χ0) is 26.6. The second-order valence-corrected chi connectivity index (χ2v) is 10.3. The van der Waals surface area contributed by atoms with E-state index in [0.717, 1.165) is 12.3 Å². The molecule has 37 heavy (non-hydrogen) atoms. The normalized spacial score (nSPS) is 11.9. The molecule has 1 aromatic heterocycles. The lowest BCUT2D eigenvalue weighted by molar-refractivity contribution is -0.136. The molecule has 0 radical (unpaired) electrons. The number of hydrogen-bond acceptors (Lipinski definition) is 6. The highest BCUT2D eigenvalue weighted by Crippen LogP contribution is 2.39. The Kier molecular flexibility index (Phi) is 7.47. The van der Waals surface area contributed by atoms with Gasteiger partial charge < -0.3 is 10.1 Å². The molecule has 0 atom stereocenters. The van der Waals surface area contributed by atoms with Crippen LogP contribution in [-0.4, -0.2) is 26.2 Å². The predicted molar refractivity (Wildman–Crippen MR) is 134 cm³/mol. The molecule has 0 fully saturated rings. The number of nitrogens with zero attached hydrogens (tertiary/aromatic N) is 2. The highest BCUT2D eigenvalue weighted by atomic mass is 32.2. The number of alkyl halides is 3. The number of hydrogen-bond donors (Lipinski definition) is 1. The van der Waals surface area contributed by atoms with Gasteiger partial charge in [-0.2, -0.15) is 18.4 Å². The third-order valence-corrected chi connectivity index (χ3v) is 6.71. The van der Waals surface area contributed by atoms with Gasteiger partial charge in [-0.1, -0.05) is 30.3 Å². The third kappa shape index (κ3) is 6.07. The molecule has 0 spiro atoms. The van der Waals surface area contributed by atoms with Crippen LogP contribution in [0, 0.1) is 11.3 Å². The van der Waals surface area contributed by atoms with Crippen LogP contribution >= 0.6 is 0 Å². The SMILES string of the molecule is CS(=O)(=O)c1cccc(Oc2cccc(-c3c(CNCCC#N)cnc4c(C(F)(F)F)cccc34)c2)c1. The fraction of sp³-hybridized carbons (Fsp3) is 0.185. The maximum Gasteiger partial charge on any atom is 0.418 e. The minimum atomic E-state index is -4.58. The molecule has 3 aromatic carbocycles. The molecule has 0 saturated heterocycles. The number of halogens is 3. The number of nitriles is 1. The molecular weight excluding hydrogens is 503 g/mol. The van der Waals surface area contributed by atoms with E-state index in [1.54, 1.807) is 42.5 Å². The van der Waals surface area contributed by atoms with Gasteiger partial charge in [0.15, 0.2) is 9.84 Å². The Hall–Kier alpha value is -3.94. The molecule has 0 bridgehead atoms. The number of rotatable bonds is 8. The fourth-order valence-electron chi connectivity index (χ4n) is 3.95. The van der Waals surface area contributed by atoms with Crippen molar-refractivity contribution in [2.24, 2.45) is 0 Å². The first-order chi connectivity index (χ1) is 17.6. The Bertz CT molecular complexity index is 1600. The third-order valence-electron chi connectivity index (χ3n) is 5.60. The van der Waals surface area contributed by atoms with E-state index in [9.17, 15) is 21.6 Å². The van der Waals surface area contributed by atoms with Crippen molar-refractivity contribution < 1.29 is 26.3 Å². The van der Waals surface area contributed by atoms with Crippen molar-refractivity contribution in [2.75, 3.05) is 12.8 Å². The first-order valence-corrected chi connectivity index (χ1v) is 13.1. The number of para-hydroxylation sites is 1. The van der Waals surface area contributed by atoms with Gasteiger partial charge in [-0.25, -0.2) is 8.42 Å². The van der Waals surface area contributed by atoms with Crippen molar-refractivity contribution in [3.8, 4) is 28.7 Å². The van der Waals surface area contributed by atoms with E-state index in [4.69, 9.17) is 10.00 Å². The van der Waals surface area contributed by atoms with Crippen molar-refractivity contribution in [3.63, 3.8) is 0 Å². The Morgan fingerprint density at radius 2 is 1.73 bits per heavy atom. The van der Waals surface area contributed by atoms with Crippen molar-refractivity contribution in [3.05, 3.63) is 84.1 Å². The van der Waals surface area contributed by atoms with Crippen LogP contribution in [0.4, 0.5) is 13.2 Å². The molecule has 0 unspecified atom stereocenters. The van der Waals surface area contributed by atoms with Crippen molar-refractivity contribution in [1.82, 2.24) is 10.3 Å². The van der Waals surface area contributed by atoms with E-state index in [1.807, 2.05) is 6.07 Å². The molecule has 10 heteroatoms. The zero-order valence-corrected chi connectivity index (χ0v) is 20.5. The minimum Gasteiger partial charge on any atom is -0.457 e. The quantitative estimate of drug-likeness (QED) is 0.279. The monoisotopic (exact) mass is 525 g/mol. The summed E-state index contributed by atoms with van der Waals surface area (Å²) in [5.74, 6) is 0.681. The van der Waals surface area contributed by atoms with Crippen LogP contribution in [0.5, 0.6) is 11.5 Å². The van der Waals surface area contributed by atoms with Crippen molar-refractivity contribution >= 4 is 20.7 Å². The molecule has 190 valence electrons. The van der Waals surface area contributed by atoms with E-state index in [-0.39, 0.29) is 23.4 Å². The van der Waals surface area contributed by atoms with Gasteiger partial charge in [0.1, 0.15) is 11.5 Å². The summed E-state index contributed by atoms with van der Waals surface area (Å²) in [6.07, 6.45) is -1.78. The number of fused-ring (bicyclic) bond motifs is 1. The highest BCUT2D eigenvalue weighted by Gasteiger charge is 2.33. The number of pyridine rings is 1. The molecule has 0 aliphatic heterocycles. The summed E-state index contributed by atoms with van der Waals surface area (Å²) in [4.78, 5) is 4.25. The average molecular weight is 526 g/mol. The summed E-state index contributed by atoms with van der Waals surface area (Å²) in [6.45, 7) is 0.702. The van der Waals surface area contributed by atoms with Crippen LogP contribution in [0.15, 0.2) is 77.8 Å². The van der Waals surface area contributed by atoms with Gasteiger partial charge in [0.25, 0.3) is 0 Å². The zero-order valence-electron chi connectivity index (χ0n) is 19.7. The number of sulfone groups is 1. The Morgan fingerprint density at radius 1 is 1.03 bits per heavy atom. The Balaban J connectivity index is 1.81. The van der Waals surface area contributed by atoms with Gasteiger partial charge in [0.05, 0.1) is 22.0 Å². The van der Waals surface area contributed by atoms with Gasteiger partial charge >= 0.3 is 6.18 Å². The maximum atomic E-state index is 13.7. The molecule has 6 nitrogen and oxygen atoms in total. The summed E-state index contributed by atoms with van der Waals surface area (Å²) >= 11 is 0. The van der Waals surface area contributed by atoms with Gasteiger partial charge in [0.2, 0.25) is 0 Å². The van der Waals surface area contributed by atoms with Crippen LogP contribution in [-0.2, 0) is 22.6 Å². The largest absolute Gasteiger partial charge is 0.457 e. The van der Waals surface area contributed by atoms with Gasteiger partial charge in [-0.15, -0.1) is 0 Å². The second-order valence-electron chi connectivity index (χ2n) is 8.32. The number of nitrogens with one attached hydrogen (secondary N) is 1. The fourth-order valence-corrected chi connectivity index (χ4v) is 4.61. The van der Waals surface area contributed by atoms with Crippen LogP contribution in [0.3, 0.4) is 0 Å². The Morgan fingerprint density at radius 3 is 2.43 bits per heavy atom. The van der Waals surface area contributed by atoms with E-state index in [1.165, 1.54) is 24.4 Å². The van der Waals surface area contributed by atoms with Crippen LogP contribution in [0.1, 0.15) is 17.5 Å². The lowest BCUT2D eigenvalue weighted by atomic mass is 9.94. The minimum absolute atomic E-state index is 0.103. The lowest BCUT2D eigenvalue weighted by Gasteiger charge is -2.17. The van der Waals surface area contributed by atoms with Gasteiger partial charge in [-0.05, 0) is 53.1 Å². The van der Waals surface area contributed by atoms with Crippen LogP contribution in [0.2, 0.25) is 0 Å². The molecule has 0 aliphatic carbocycles. The second kappa shape index (κ2) is 10.6. The topological polar surface area (TPSA) is 92.1 Å². The van der Waals surface area contributed by atoms with Gasteiger partial charge in [-0.3, -0.25) is 4.98 Å².